The van der Waals surface area contributed by atoms with Gasteiger partial charge in [0, 0.05) is 4.88 Å². The van der Waals surface area contributed by atoms with Crippen LogP contribution in [0.25, 0.3) is 6.08 Å². The van der Waals surface area contributed by atoms with Crippen molar-refractivity contribution in [3.8, 4) is 5.75 Å². The summed E-state index contributed by atoms with van der Waals surface area (Å²) in [6, 6.07) is 10.6. The number of ether oxygens (including phenoxy) is 2. The van der Waals surface area contributed by atoms with E-state index in [9.17, 15) is 9.59 Å². The fourth-order valence-electron chi connectivity index (χ4n) is 3.30. The summed E-state index contributed by atoms with van der Waals surface area (Å²) in [5, 5.41) is 1.96. The normalized spacial score (nSPS) is 16.4. The van der Waals surface area contributed by atoms with E-state index in [0.717, 1.165) is 10.4 Å². The van der Waals surface area contributed by atoms with E-state index in [1.165, 1.54) is 18.4 Å². The zero-order chi connectivity index (χ0) is 20.5. The third-order valence-electron chi connectivity index (χ3n) is 4.68. The van der Waals surface area contributed by atoms with Crippen LogP contribution < -0.4 is 19.6 Å². The molecule has 0 unspecified atom stereocenters. The van der Waals surface area contributed by atoms with Crippen molar-refractivity contribution in [3.05, 3.63) is 83.2 Å². The van der Waals surface area contributed by atoms with Crippen molar-refractivity contribution < 1.29 is 14.3 Å². The molecule has 0 N–H and O–H groups in total. The molecule has 3 heterocycles. The number of benzene rings is 1. The second-order valence-electron chi connectivity index (χ2n) is 6.36. The molecule has 0 amide bonds. The number of esters is 1. The van der Waals surface area contributed by atoms with Crippen LogP contribution in [0.3, 0.4) is 0 Å². The molecule has 0 radical (unpaired) electrons. The topological polar surface area (TPSA) is 69.9 Å². The first-order valence-corrected chi connectivity index (χ1v) is 10.5. The van der Waals surface area contributed by atoms with Crippen LogP contribution in [0.5, 0.6) is 5.75 Å². The fraction of sp³-hybridized carbons (Fsp3) is 0.190. The lowest BCUT2D eigenvalue weighted by Gasteiger charge is -2.24. The Hall–Kier alpha value is -2.97. The van der Waals surface area contributed by atoms with Crippen molar-refractivity contribution in [1.82, 2.24) is 4.57 Å². The summed E-state index contributed by atoms with van der Waals surface area (Å²) in [7, 11) is 2.92. The Labute approximate surface area is 174 Å². The highest BCUT2D eigenvalue weighted by molar-refractivity contribution is 7.11. The second kappa shape index (κ2) is 7.81. The molecular weight excluding hydrogens is 408 g/mol. The molecule has 0 fully saturated rings. The van der Waals surface area contributed by atoms with Crippen molar-refractivity contribution in [2.75, 3.05) is 14.2 Å². The van der Waals surface area contributed by atoms with Crippen molar-refractivity contribution in [1.29, 1.82) is 0 Å². The van der Waals surface area contributed by atoms with E-state index < -0.39 is 12.0 Å². The number of aromatic nitrogens is 1. The third kappa shape index (κ3) is 3.45. The van der Waals surface area contributed by atoms with Gasteiger partial charge in [0.1, 0.15) is 5.75 Å². The van der Waals surface area contributed by atoms with Crippen LogP contribution in [-0.4, -0.2) is 24.8 Å². The number of fused-ring (bicyclic) bond motifs is 1. The van der Waals surface area contributed by atoms with Gasteiger partial charge in [-0.3, -0.25) is 9.36 Å². The van der Waals surface area contributed by atoms with Gasteiger partial charge in [0.05, 0.1) is 36.1 Å². The molecule has 6 nitrogen and oxygen atoms in total. The molecule has 0 saturated carbocycles. The molecule has 8 heteroatoms. The highest BCUT2D eigenvalue weighted by atomic mass is 32.1. The summed E-state index contributed by atoms with van der Waals surface area (Å²) in [5.41, 5.74) is 1.50. The first-order valence-electron chi connectivity index (χ1n) is 8.82. The Kier molecular flexibility index (Phi) is 5.21. The molecule has 0 bridgehead atoms. The van der Waals surface area contributed by atoms with Gasteiger partial charge in [0.2, 0.25) is 0 Å². The van der Waals surface area contributed by atoms with Crippen molar-refractivity contribution in [2.45, 2.75) is 13.0 Å². The maximum absolute atomic E-state index is 13.3. The van der Waals surface area contributed by atoms with Gasteiger partial charge < -0.3 is 9.47 Å². The van der Waals surface area contributed by atoms with Gasteiger partial charge >= 0.3 is 5.97 Å². The number of thiophene rings is 1. The molecule has 3 aromatic rings. The molecule has 1 aliphatic heterocycles. The first kappa shape index (κ1) is 19.4. The van der Waals surface area contributed by atoms with Gasteiger partial charge in [-0.15, -0.1) is 11.3 Å². The van der Waals surface area contributed by atoms with Crippen LogP contribution in [0.2, 0.25) is 0 Å². The van der Waals surface area contributed by atoms with Crippen LogP contribution in [-0.2, 0) is 9.53 Å². The van der Waals surface area contributed by atoms with Gasteiger partial charge in [0.15, 0.2) is 4.80 Å². The Balaban J connectivity index is 1.97. The van der Waals surface area contributed by atoms with E-state index in [0.29, 0.717) is 26.4 Å². The number of hydrogen-bond acceptors (Lipinski definition) is 7. The highest BCUT2D eigenvalue weighted by Gasteiger charge is 2.33. The van der Waals surface area contributed by atoms with E-state index in [4.69, 9.17) is 9.47 Å². The zero-order valence-electron chi connectivity index (χ0n) is 16.0. The van der Waals surface area contributed by atoms with Gasteiger partial charge in [-0.2, -0.15) is 0 Å². The summed E-state index contributed by atoms with van der Waals surface area (Å²) in [4.78, 5) is 32.0. The fourth-order valence-corrected chi connectivity index (χ4v) is 5.07. The molecule has 1 aromatic carbocycles. The smallest absolute Gasteiger partial charge is 0.338 e. The van der Waals surface area contributed by atoms with E-state index in [1.807, 2.05) is 35.7 Å². The molecule has 2 aromatic heterocycles. The van der Waals surface area contributed by atoms with Crippen molar-refractivity contribution in [3.63, 3.8) is 0 Å². The Morgan fingerprint density at radius 1 is 1.21 bits per heavy atom. The van der Waals surface area contributed by atoms with E-state index in [2.05, 4.69) is 4.99 Å². The molecule has 0 saturated heterocycles. The average molecular weight is 427 g/mol. The van der Waals surface area contributed by atoms with Gasteiger partial charge in [-0.05, 0) is 42.1 Å². The van der Waals surface area contributed by atoms with E-state index >= 15 is 0 Å². The number of carbonyl (C=O) groups is 1. The van der Waals surface area contributed by atoms with E-state index in [1.54, 1.807) is 42.1 Å². The molecule has 0 aliphatic carbocycles. The standard InChI is InChI=1S/C21H18N2O4S2/c1-12-17(20(25)27-3)18(13-6-8-14(26-2)9-7-13)23-19(24)16(29-21(23)22-12)11-15-5-4-10-28-15/h4-11,18H,1-3H3/t18-/m1/s1. The molecular formula is C21H18N2O4S2. The summed E-state index contributed by atoms with van der Waals surface area (Å²) < 4.78 is 12.4. The third-order valence-corrected chi connectivity index (χ3v) is 6.48. The van der Waals surface area contributed by atoms with Crippen LogP contribution >= 0.6 is 22.7 Å². The van der Waals surface area contributed by atoms with Crippen LogP contribution in [0.4, 0.5) is 0 Å². The average Bonchev–Trinajstić information content (AvgIpc) is 3.35. The number of hydrogen-bond donors (Lipinski definition) is 0. The Morgan fingerprint density at radius 2 is 1.97 bits per heavy atom. The lowest BCUT2D eigenvalue weighted by atomic mass is 9.96. The molecule has 0 spiro atoms. The predicted molar refractivity (Wildman–Crippen MR) is 113 cm³/mol. The molecule has 1 atom stereocenters. The summed E-state index contributed by atoms with van der Waals surface area (Å²) in [6.07, 6.45) is 1.86. The summed E-state index contributed by atoms with van der Waals surface area (Å²) >= 11 is 2.87. The number of thiazole rings is 1. The van der Waals surface area contributed by atoms with Crippen LogP contribution in [0.1, 0.15) is 23.4 Å². The number of carbonyl (C=O) groups excluding carboxylic acids is 1. The maximum atomic E-state index is 13.3. The number of allylic oxidation sites excluding steroid dienone is 1. The number of rotatable bonds is 4. The lowest BCUT2D eigenvalue weighted by Crippen LogP contribution is -2.39. The highest BCUT2D eigenvalue weighted by Crippen LogP contribution is 2.31. The van der Waals surface area contributed by atoms with Gasteiger partial charge in [-0.25, -0.2) is 9.79 Å². The zero-order valence-corrected chi connectivity index (χ0v) is 17.7. The van der Waals surface area contributed by atoms with Crippen molar-refractivity contribution in [2.24, 2.45) is 4.99 Å². The minimum atomic E-state index is -0.616. The second-order valence-corrected chi connectivity index (χ2v) is 8.35. The summed E-state index contributed by atoms with van der Waals surface area (Å²) in [5.74, 6) is 0.193. The van der Waals surface area contributed by atoms with Crippen molar-refractivity contribution >= 4 is 34.7 Å². The molecule has 29 heavy (non-hydrogen) atoms. The largest absolute Gasteiger partial charge is 0.497 e. The van der Waals surface area contributed by atoms with Crippen LogP contribution in [0.15, 0.2) is 62.8 Å². The number of nitrogens with zero attached hydrogens (tertiary/aromatic N) is 2. The maximum Gasteiger partial charge on any atom is 0.338 e. The van der Waals surface area contributed by atoms with Gasteiger partial charge in [-0.1, -0.05) is 29.5 Å². The minimum Gasteiger partial charge on any atom is -0.497 e. The predicted octanol–water partition coefficient (Wildman–Crippen LogP) is 2.48. The molecule has 1 aliphatic rings. The molecule has 148 valence electrons. The number of methoxy groups -OCH3 is 2. The Bertz CT molecular complexity index is 1270. The monoisotopic (exact) mass is 426 g/mol. The summed E-state index contributed by atoms with van der Waals surface area (Å²) in [6.45, 7) is 1.76. The Morgan fingerprint density at radius 3 is 2.59 bits per heavy atom. The lowest BCUT2D eigenvalue weighted by molar-refractivity contribution is -0.136. The quantitative estimate of drug-likeness (QED) is 0.601. The van der Waals surface area contributed by atoms with E-state index in [-0.39, 0.29) is 5.56 Å². The molecule has 4 rings (SSSR count). The van der Waals surface area contributed by atoms with Crippen LogP contribution in [0, 0.1) is 0 Å². The SMILES string of the molecule is COC(=O)C1=C(C)N=c2sc(=Cc3cccs3)c(=O)n2[C@@H]1c1ccc(OC)cc1. The minimum absolute atomic E-state index is 0.183. The van der Waals surface area contributed by atoms with Gasteiger partial charge in [0.25, 0.3) is 5.56 Å². The first-order chi connectivity index (χ1) is 14.0.